The zero-order valence-electron chi connectivity index (χ0n) is 13.1. The summed E-state index contributed by atoms with van der Waals surface area (Å²) in [7, 11) is 0. The highest BCUT2D eigenvalue weighted by molar-refractivity contribution is 7.17. The zero-order chi connectivity index (χ0) is 17.1. The Bertz CT molecular complexity index is 905. The summed E-state index contributed by atoms with van der Waals surface area (Å²) in [6, 6.07) is 1.44. The topological polar surface area (TPSA) is 60.7 Å². The number of halogens is 2. The molecule has 2 aliphatic rings. The third kappa shape index (κ3) is 2.47. The molecule has 0 radical (unpaired) electrons. The second kappa shape index (κ2) is 5.44. The van der Waals surface area contributed by atoms with Crippen molar-refractivity contribution in [1.29, 1.82) is 0 Å². The first-order chi connectivity index (χ1) is 11.3. The van der Waals surface area contributed by atoms with E-state index in [0.29, 0.717) is 17.1 Å². The number of fused-ring (bicyclic) bond motifs is 3. The fourth-order valence-electron chi connectivity index (χ4n) is 3.14. The van der Waals surface area contributed by atoms with Crippen LogP contribution in [0.3, 0.4) is 0 Å². The van der Waals surface area contributed by atoms with E-state index in [1.54, 1.807) is 22.7 Å². The maximum Gasteiger partial charge on any atom is 0.315 e. The van der Waals surface area contributed by atoms with Gasteiger partial charge in [-0.15, -0.1) is 34.5 Å². The van der Waals surface area contributed by atoms with Crippen molar-refractivity contribution in [3.05, 3.63) is 32.7 Å². The van der Waals surface area contributed by atoms with Crippen LogP contribution in [-0.2, 0) is 29.0 Å². The van der Waals surface area contributed by atoms with E-state index in [4.69, 9.17) is 27.9 Å². The smallest absolute Gasteiger partial charge is 0.315 e. The first-order valence-corrected chi connectivity index (χ1v) is 9.47. The number of hydrogen-bond acceptors (Lipinski definition) is 5. The molecule has 0 amide bonds. The van der Waals surface area contributed by atoms with Gasteiger partial charge in [0.15, 0.2) is 4.96 Å². The Balaban J connectivity index is 1.58. The van der Waals surface area contributed by atoms with Gasteiger partial charge in [-0.3, -0.25) is 14.0 Å². The molecule has 128 valence electrons. The Labute approximate surface area is 152 Å². The van der Waals surface area contributed by atoms with Crippen LogP contribution in [0.5, 0.6) is 0 Å². The number of carbonyl (C=O) groups excluding carboxylic acids is 1. The van der Waals surface area contributed by atoms with Gasteiger partial charge in [-0.05, 0) is 32.6 Å². The number of aryl methyl sites for hydroxylation is 2. The van der Waals surface area contributed by atoms with Crippen molar-refractivity contribution in [2.45, 2.75) is 50.0 Å². The third-order valence-electron chi connectivity index (χ3n) is 4.87. The van der Waals surface area contributed by atoms with Crippen LogP contribution in [0.25, 0.3) is 4.96 Å². The fourth-order valence-corrected chi connectivity index (χ4v) is 5.06. The van der Waals surface area contributed by atoms with Crippen LogP contribution in [0.1, 0.15) is 42.5 Å². The average Bonchev–Trinajstić information content (AvgIpc) is 2.90. The van der Waals surface area contributed by atoms with Gasteiger partial charge in [-0.1, -0.05) is 0 Å². The summed E-state index contributed by atoms with van der Waals surface area (Å²) in [4.78, 5) is 31.0. The Kier molecular flexibility index (Phi) is 3.71. The van der Waals surface area contributed by atoms with E-state index < -0.39 is 15.7 Å². The van der Waals surface area contributed by atoms with Gasteiger partial charge in [0.05, 0.1) is 5.69 Å². The minimum atomic E-state index is -1.06. The molecule has 4 rings (SSSR count). The molecule has 2 aromatic rings. The van der Waals surface area contributed by atoms with Gasteiger partial charge in [0.25, 0.3) is 5.56 Å². The van der Waals surface area contributed by atoms with Crippen molar-refractivity contribution >= 4 is 45.5 Å². The van der Waals surface area contributed by atoms with Crippen molar-refractivity contribution < 1.29 is 9.53 Å². The molecule has 0 spiro atoms. The van der Waals surface area contributed by atoms with Gasteiger partial charge in [-0.2, -0.15) is 0 Å². The first kappa shape index (κ1) is 16.4. The van der Waals surface area contributed by atoms with Gasteiger partial charge < -0.3 is 4.74 Å². The van der Waals surface area contributed by atoms with E-state index in [2.05, 4.69) is 4.98 Å². The number of ether oxygens (including phenoxy) is 1. The minimum absolute atomic E-state index is 0.0490. The number of carbonyl (C=O) groups is 1. The van der Waals surface area contributed by atoms with Crippen molar-refractivity contribution in [3.63, 3.8) is 0 Å². The van der Waals surface area contributed by atoms with Crippen LogP contribution in [0, 0.1) is 5.41 Å². The maximum absolute atomic E-state index is 12.4. The highest BCUT2D eigenvalue weighted by Gasteiger charge is 2.69. The van der Waals surface area contributed by atoms with E-state index in [1.165, 1.54) is 10.9 Å². The number of esters is 1. The molecule has 5 nitrogen and oxygen atoms in total. The van der Waals surface area contributed by atoms with Gasteiger partial charge in [-0.25, -0.2) is 4.98 Å². The van der Waals surface area contributed by atoms with Crippen molar-refractivity contribution in [2.75, 3.05) is 0 Å². The van der Waals surface area contributed by atoms with Crippen molar-refractivity contribution in [3.8, 4) is 0 Å². The number of hydrogen-bond donors (Lipinski definition) is 0. The summed E-state index contributed by atoms with van der Waals surface area (Å²) in [5.74, 6) is -0.458. The molecule has 0 unspecified atom stereocenters. The van der Waals surface area contributed by atoms with Crippen LogP contribution in [-0.4, -0.2) is 19.7 Å². The monoisotopic (exact) mass is 386 g/mol. The lowest BCUT2D eigenvalue weighted by molar-refractivity contribution is -0.151. The predicted molar refractivity (Wildman–Crippen MR) is 92.9 cm³/mol. The second-order valence-electron chi connectivity index (χ2n) is 6.67. The average molecular weight is 387 g/mol. The number of nitrogens with zero attached hydrogens (tertiary/aromatic N) is 2. The fraction of sp³-hybridized carbons (Fsp3) is 0.562. The highest BCUT2D eigenvalue weighted by atomic mass is 35.5. The second-order valence-corrected chi connectivity index (χ2v) is 9.22. The van der Waals surface area contributed by atoms with Crippen LogP contribution >= 0.6 is 34.5 Å². The molecule has 0 saturated heterocycles. The summed E-state index contributed by atoms with van der Waals surface area (Å²) in [5.41, 5.74) is 0.539. The van der Waals surface area contributed by atoms with E-state index in [0.717, 1.165) is 31.4 Å². The van der Waals surface area contributed by atoms with Crippen LogP contribution in [0.2, 0.25) is 0 Å². The van der Waals surface area contributed by atoms with Gasteiger partial charge in [0.1, 0.15) is 16.4 Å². The first-order valence-electron chi connectivity index (χ1n) is 7.90. The van der Waals surface area contributed by atoms with Gasteiger partial charge in [0.2, 0.25) is 0 Å². The van der Waals surface area contributed by atoms with E-state index in [-0.39, 0.29) is 12.2 Å². The molecule has 0 aromatic carbocycles. The lowest BCUT2D eigenvalue weighted by Crippen LogP contribution is -2.22. The standard InChI is InChI=1S/C16H16Cl2N2O3S/c1-15(8-16(15,17)18)13(22)23-7-9-6-12(21)20-10-4-2-3-5-11(10)24-14(20)19-9/h6H,2-5,7-8H2,1H3/t15-/m1/s1. The molecule has 1 fully saturated rings. The molecule has 1 atom stereocenters. The van der Waals surface area contributed by atoms with Gasteiger partial charge >= 0.3 is 5.97 Å². The number of thiazole rings is 1. The van der Waals surface area contributed by atoms with Crippen LogP contribution in [0.4, 0.5) is 0 Å². The summed E-state index contributed by atoms with van der Waals surface area (Å²) in [6.45, 7) is 1.63. The molecule has 2 aromatic heterocycles. The molecular formula is C16H16Cl2N2O3S. The summed E-state index contributed by atoms with van der Waals surface area (Å²) in [5, 5.41) is 0. The minimum Gasteiger partial charge on any atom is -0.459 e. The van der Waals surface area contributed by atoms with E-state index in [9.17, 15) is 9.59 Å². The summed E-state index contributed by atoms with van der Waals surface area (Å²) < 4.78 is 5.91. The number of alkyl halides is 2. The molecule has 2 heterocycles. The normalized spacial score (nSPS) is 24.6. The molecule has 1 saturated carbocycles. The lowest BCUT2D eigenvalue weighted by Gasteiger charge is -2.12. The summed E-state index contributed by atoms with van der Waals surface area (Å²) >= 11 is 13.5. The van der Waals surface area contributed by atoms with E-state index >= 15 is 0 Å². The number of rotatable bonds is 3. The third-order valence-corrected chi connectivity index (χ3v) is 7.12. The van der Waals surface area contributed by atoms with Gasteiger partial charge in [0, 0.05) is 23.1 Å². The van der Waals surface area contributed by atoms with Crippen LogP contribution < -0.4 is 5.56 Å². The predicted octanol–water partition coefficient (Wildman–Crippen LogP) is 3.26. The zero-order valence-corrected chi connectivity index (χ0v) is 15.4. The van der Waals surface area contributed by atoms with Crippen molar-refractivity contribution in [1.82, 2.24) is 9.38 Å². The Morgan fingerprint density at radius 1 is 1.42 bits per heavy atom. The molecule has 24 heavy (non-hydrogen) atoms. The van der Waals surface area contributed by atoms with E-state index in [1.807, 2.05) is 0 Å². The summed E-state index contributed by atoms with van der Waals surface area (Å²) in [6.07, 6.45) is 4.53. The highest BCUT2D eigenvalue weighted by Crippen LogP contribution is 2.64. The maximum atomic E-state index is 12.4. The Hall–Kier alpha value is -1.11. The molecule has 0 bridgehead atoms. The Morgan fingerprint density at radius 2 is 2.12 bits per heavy atom. The largest absolute Gasteiger partial charge is 0.459 e. The quantitative estimate of drug-likeness (QED) is 0.599. The van der Waals surface area contributed by atoms with Crippen LogP contribution in [0.15, 0.2) is 10.9 Å². The Morgan fingerprint density at radius 3 is 2.83 bits per heavy atom. The number of aromatic nitrogens is 2. The SMILES string of the molecule is C[C@]1(C(=O)OCc2cc(=O)n3c4c(sc3n2)CCCC4)CC1(Cl)Cl. The molecular weight excluding hydrogens is 371 g/mol. The molecule has 2 aliphatic carbocycles. The molecule has 0 aliphatic heterocycles. The molecule has 0 N–H and O–H groups in total. The molecule has 8 heteroatoms. The van der Waals surface area contributed by atoms with Crippen molar-refractivity contribution in [2.24, 2.45) is 5.41 Å². The lowest BCUT2D eigenvalue weighted by atomic mass is 10.0.